The van der Waals surface area contributed by atoms with Crippen LogP contribution >= 0.6 is 0 Å². The summed E-state index contributed by atoms with van der Waals surface area (Å²) < 4.78 is 1.53. The van der Waals surface area contributed by atoms with Crippen molar-refractivity contribution in [2.24, 2.45) is 12.8 Å². The molecule has 1 aliphatic rings. The zero-order valence-corrected chi connectivity index (χ0v) is 7.13. The molecule has 0 aromatic carbocycles. The summed E-state index contributed by atoms with van der Waals surface area (Å²) in [5.41, 5.74) is 7.84. The van der Waals surface area contributed by atoms with Gasteiger partial charge in [-0.1, -0.05) is 0 Å². The van der Waals surface area contributed by atoms with Crippen molar-refractivity contribution in [1.29, 1.82) is 0 Å². The average Bonchev–Trinajstić information content (AvgIpc) is 2.28. The van der Waals surface area contributed by atoms with Crippen molar-refractivity contribution in [1.82, 2.24) is 9.78 Å². The molecule has 1 aromatic heterocycles. The van der Waals surface area contributed by atoms with Gasteiger partial charge in [0, 0.05) is 30.8 Å². The predicted molar refractivity (Wildman–Crippen MR) is 46.0 cm³/mol. The van der Waals surface area contributed by atoms with Crippen LogP contribution in [0.5, 0.6) is 0 Å². The fourth-order valence-electron chi connectivity index (χ4n) is 1.77. The van der Waals surface area contributed by atoms with Crippen LogP contribution < -0.4 is 11.3 Å². The third-order valence-electron chi connectivity index (χ3n) is 2.46. The molecule has 4 heteroatoms. The van der Waals surface area contributed by atoms with Crippen LogP contribution in [0, 0.1) is 0 Å². The molecule has 0 fully saturated rings. The van der Waals surface area contributed by atoms with Gasteiger partial charge in [0.2, 0.25) is 0 Å². The van der Waals surface area contributed by atoms with E-state index in [-0.39, 0.29) is 11.6 Å². The van der Waals surface area contributed by atoms with E-state index in [4.69, 9.17) is 5.73 Å². The standard InChI is InChI=1S/C8H13N3O/c1-11-8(12)6-3-2-5(9)4-7(6)10-11/h5,10H,2-4,9H2,1H3. The second kappa shape index (κ2) is 2.48. The first-order valence-electron chi connectivity index (χ1n) is 4.21. The highest BCUT2D eigenvalue weighted by atomic mass is 16.1. The summed E-state index contributed by atoms with van der Waals surface area (Å²) in [4.78, 5) is 11.4. The molecule has 0 saturated carbocycles. The molecule has 1 heterocycles. The van der Waals surface area contributed by atoms with Gasteiger partial charge in [0.1, 0.15) is 0 Å². The highest BCUT2D eigenvalue weighted by Crippen LogP contribution is 2.14. The SMILES string of the molecule is Cn1[nH]c2c(c1=O)CCC(N)C2. The molecular weight excluding hydrogens is 154 g/mol. The van der Waals surface area contributed by atoms with Gasteiger partial charge in [0.15, 0.2) is 0 Å². The second-order valence-corrected chi connectivity index (χ2v) is 3.44. The van der Waals surface area contributed by atoms with Gasteiger partial charge in [0.25, 0.3) is 5.56 Å². The Bertz CT molecular complexity index is 350. The lowest BCUT2D eigenvalue weighted by atomic mass is 9.94. The lowest BCUT2D eigenvalue weighted by Gasteiger charge is -2.15. The Balaban J connectivity index is 2.50. The second-order valence-electron chi connectivity index (χ2n) is 3.44. The Morgan fingerprint density at radius 3 is 3.17 bits per heavy atom. The third-order valence-corrected chi connectivity index (χ3v) is 2.46. The van der Waals surface area contributed by atoms with E-state index in [9.17, 15) is 4.79 Å². The molecule has 0 saturated heterocycles. The lowest BCUT2D eigenvalue weighted by molar-refractivity contribution is 0.566. The van der Waals surface area contributed by atoms with Gasteiger partial charge in [-0.15, -0.1) is 0 Å². The topological polar surface area (TPSA) is 63.8 Å². The lowest BCUT2D eigenvalue weighted by Crippen LogP contribution is -2.29. The van der Waals surface area contributed by atoms with Crippen LogP contribution in [-0.4, -0.2) is 15.8 Å². The van der Waals surface area contributed by atoms with Crippen molar-refractivity contribution < 1.29 is 0 Å². The van der Waals surface area contributed by atoms with E-state index in [0.29, 0.717) is 0 Å². The normalized spacial score (nSPS) is 22.3. The Labute approximate surface area is 70.4 Å². The summed E-state index contributed by atoms with van der Waals surface area (Å²) in [5.74, 6) is 0. The van der Waals surface area contributed by atoms with Crippen LogP contribution in [0.25, 0.3) is 0 Å². The molecule has 0 spiro atoms. The van der Waals surface area contributed by atoms with Gasteiger partial charge in [-0.25, -0.2) is 0 Å². The van der Waals surface area contributed by atoms with Crippen LogP contribution in [0.3, 0.4) is 0 Å². The Kier molecular flexibility index (Phi) is 1.58. The maximum Gasteiger partial charge on any atom is 0.269 e. The van der Waals surface area contributed by atoms with Crippen LogP contribution in [0.15, 0.2) is 4.79 Å². The van der Waals surface area contributed by atoms with E-state index >= 15 is 0 Å². The molecule has 12 heavy (non-hydrogen) atoms. The van der Waals surface area contributed by atoms with E-state index in [0.717, 1.165) is 30.5 Å². The number of nitrogens with zero attached hydrogens (tertiary/aromatic N) is 1. The fraction of sp³-hybridized carbons (Fsp3) is 0.625. The molecule has 1 aliphatic carbocycles. The smallest absolute Gasteiger partial charge is 0.269 e. The number of H-pyrrole nitrogens is 1. The molecular formula is C8H13N3O. The highest BCUT2D eigenvalue weighted by molar-refractivity contribution is 5.21. The molecule has 0 aliphatic heterocycles. The number of aromatic nitrogens is 2. The van der Waals surface area contributed by atoms with E-state index in [2.05, 4.69) is 5.10 Å². The van der Waals surface area contributed by atoms with Crippen molar-refractivity contribution >= 4 is 0 Å². The number of aryl methyl sites for hydroxylation is 1. The number of nitrogens with two attached hydrogens (primary N) is 1. The minimum absolute atomic E-state index is 0.108. The molecule has 3 N–H and O–H groups in total. The summed E-state index contributed by atoms with van der Waals surface area (Å²) in [6.07, 6.45) is 2.57. The van der Waals surface area contributed by atoms with E-state index in [1.54, 1.807) is 7.05 Å². The van der Waals surface area contributed by atoms with Crippen LogP contribution in [-0.2, 0) is 19.9 Å². The molecule has 0 bridgehead atoms. The number of hydrogen-bond donors (Lipinski definition) is 2. The maximum absolute atomic E-state index is 11.4. The van der Waals surface area contributed by atoms with Crippen molar-refractivity contribution in [2.75, 3.05) is 0 Å². The third kappa shape index (κ3) is 0.992. The highest BCUT2D eigenvalue weighted by Gasteiger charge is 2.20. The molecule has 1 atom stereocenters. The van der Waals surface area contributed by atoms with Gasteiger partial charge in [-0.05, 0) is 12.8 Å². The maximum atomic E-state index is 11.4. The van der Waals surface area contributed by atoms with Crippen molar-refractivity contribution in [2.45, 2.75) is 25.3 Å². The number of aromatic amines is 1. The van der Waals surface area contributed by atoms with Gasteiger partial charge < -0.3 is 5.73 Å². The van der Waals surface area contributed by atoms with Crippen molar-refractivity contribution in [3.05, 3.63) is 21.6 Å². The van der Waals surface area contributed by atoms with Crippen LogP contribution in [0.1, 0.15) is 17.7 Å². The largest absolute Gasteiger partial charge is 0.327 e. The van der Waals surface area contributed by atoms with Gasteiger partial charge in [0.05, 0.1) is 0 Å². The van der Waals surface area contributed by atoms with Gasteiger partial charge >= 0.3 is 0 Å². The molecule has 2 rings (SSSR count). The first kappa shape index (κ1) is 7.61. The van der Waals surface area contributed by atoms with Gasteiger partial charge in [-0.3, -0.25) is 14.6 Å². The first-order chi connectivity index (χ1) is 5.68. The Hall–Kier alpha value is -1.03. The predicted octanol–water partition coefficient (Wildman–Crippen LogP) is -0.471. The number of nitrogens with one attached hydrogen (secondary N) is 1. The molecule has 66 valence electrons. The minimum atomic E-state index is 0.108. The monoisotopic (exact) mass is 167 g/mol. The first-order valence-corrected chi connectivity index (χ1v) is 4.21. The van der Waals surface area contributed by atoms with Crippen LogP contribution in [0.4, 0.5) is 0 Å². The zero-order chi connectivity index (χ0) is 8.72. The minimum Gasteiger partial charge on any atom is -0.327 e. The molecule has 0 amide bonds. The number of hydrogen-bond acceptors (Lipinski definition) is 2. The molecule has 0 radical (unpaired) electrons. The number of rotatable bonds is 0. The molecule has 1 aromatic rings. The van der Waals surface area contributed by atoms with E-state index in [1.807, 2.05) is 0 Å². The van der Waals surface area contributed by atoms with Crippen LogP contribution in [0.2, 0.25) is 0 Å². The fourth-order valence-corrected chi connectivity index (χ4v) is 1.77. The summed E-state index contributed by atoms with van der Waals surface area (Å²) in [7, 11) is 1.74. The summed E-state index contributed by atoms with van der Waals surface area (Å²) in [5, 5.41) is 3.02. The number of fused-ring (bicyclic) bond motifs is 1. The Morgan fingerprint density at radius 1 is 1.67 bits per heavy atom. The van der Waals surface area contributed by atoms with E-state index < -0.39 is 0 Å². The summed E-state index contributed by atoms with van der Waals surface area (Å²) in [6, 6.07) is 0.218. The average molecular weight is 167 g/mol. The molecule has 4 nitrogen and oxygen atoms in total. The Morgan fingerprint density at radius 2 is 2.42 bits per heavy atom. The van der Waals surface area contributed by atoms with Crippen molar-refractivity contribution in [3.8, 4) is 0 Å². The quantitative estimate of drug-likeness (QED) is 0.548. The zero-order valence-electron chi connectivity index (χ0n) is 7.13. The summed E-state index contributed by atoms with van der Waals surface area (Å²) >= 11 is 0. The van der Waals surface area contributed by atoms with Gasteiger partial charge in [-0.2, -0.15) is 0 Å². The van der Waals surface area contributed by atoms with Crippen molar-refractivity contribution in [3.63, 3.8) is 0 Å². The molecule has 1 unspecified atom stereocenters. The van der Waals surface area contributed by atoms with E-state index in [1.165, 1.54) is 4.68 Å². The summed E-state index contributed by atoms with van der Waals surface area (Å²) in [6.45, 7) is 0.